The molecule has 0 N–H and O–H groups in total. The largest absolute Gasteiger partial charge is 0.369 e. The summed E-state index contributed by atoms with van der Waals surface area (Å²) in [5.41, 5.74) is 1.17. The number of anilines is 2. The molecule has 0 aliphatic carbocycles. The molecule has 1 aromatic heterocycles. The zero-order valence-electron chi connectivity index (χ0n) is 13.2. The summed E-state index contributed by atoms with van der Waals surface area (Å²) in [6, 6.07) is 8.00. The molecule has 0 bridgehead atoms. The Bertz CT molecular complexity index is 678. The van der Waals surface area contributed by atoms with Gasteiger partial charge in [0.05, 0.1) is 6.34 Å². The van der Waals surface area contributed by atoms with Crippen LogP contribution in [-0.2, 0) is 0 Å². The fraction of sp³-hybridized carbons (Fsp3) is 0.400. The molecule has 0 unspecified atom stereocenters. The lowest BCUT2D eigenvalue weighted by atomic mass is 10.2. The van der Waals surface area contributed by atoms with Crippen LogP contribution in [0.5, 0.6) is 0 Å². The molecule has 3 rings (SSSR count). The van der Waals surface area contributed by atoms with Gasteiger partial charge in [0.1, 0.15) is 0 Å². The average molecular weight is 351 g/mol. The fourth-order valence-electron chi connectivity index (χ4n) is 2.38. The summed E-state index contributed by atoms with van der Waals surface area (Å²) in [4.78, 5) is 10.8. The minimum absolute atomic E-state index is 0.686. The number of benzene rings is 1. The van der Waals surface area contributed by atoms with Gasteiger partial charge in [0.2, 0.25) is 10.3 Å². The molecule has 0 atom stereocenters. The first-order valence-electron chi connectivity index (χ1n) is 7.41. The van der Waals surface area contributed by atoms with Crippen molar-refractivity contribution in [2.45, 2.75) is 0 Å². The normalized spacial score (nSPS) is 15.4. The van der Waals surface area contributed by atoms with Gasteiger partial charge in [-0.25, -0.2) is 4.99 Å². The first-order chi connectivity index (χ1) is 11.1. The van der Waals surface area contributed by atoms with Crippen molar-refractivity contribution < 1.29 is 0 Å². The Labute approximate surface area is 145 Å². The summed E-state index contributed by atoms with van der Waals surface area (Å²) >= 11 is 7.59. The highest BCUT2D eigenvalue weighted by molar-refractivity contribution is 7.18. The second kappa shape index (κ2) is 7.14. The van der Waals surface area contributed by atoms with Crippen molar-refractivity contribution in [3.05, 3.63) is 29.3 Å². The smallest absolute Gasteiger partial charge is 0.234 e. The van der Waals surface area contributed by atoms with Gasteiger partial charge in [0.15, 0.2) is 0 Å². The van der Waals surface area contributed by atoms with Crippen LogP contribution >= 0.6 is 22.9 Å². The van der Waals surface area contributed by atoms with Crippen LogP contribution in [-0.4, -0.2) is 61.7 Å². The third-order valence-corrected chi connectivity index (χ3v) is 4.65. The zero-order valence-corrected chi connectivity index (χ0v) is 14.8. The van der Waals surface area contributed by atoms with Gasteiger partial charge in [-0.2, -0.15) is 0 Å². The van der Waals surface area contributed by atoms with Crippen LogP contribution in [0.15, 0.2) is 29.3 Å². The fourth-order valence-corrected chi connectivity index (χ4v) is 3.30. The number of piperazine rings is 1. The van der Waals surface area contributed by atoms with Gasteiger partial charge < -0.3 is 14.7 Å². The van der Waals surface area contributed by atoms with Gasteiger partial charge in [-0.05, 0) is 18.2 Å². The minimum atomic E-state index is 0.686. The van der Waals surface area contributed by atoms with Crippen molar-refractivity contribution in [1.29, 1.82) is 0 Å². The Morgan fingerprint density at radius 2 is 1.91 bits per heavy atom. The lowest BCUT2D eigenvalue weighted by Gasteiger charge is -2.35. The average Bonchev–Trinajstić information content (AvgIpc) is 3.02. The SMILES string of the molecule is CN(C)C=Nc1nnc(N2CCN(c3cccc(Cl)c3)CC2)s1. The topological polar surface area (TPSA) is 47.9 Å². The molecule has 23 heavy (non-hydrogen) atoms. The summed E-state index contributed by atoms with van der Waals surface area (Å²) in [6.45, 7) is 3.71. The van der Waals surface area contributed by atoms with Gasteiger partial charge in [0, 0.05) is 51.0 Å². The second-order valence-corrected chi connectivity index (χ2v) is 6.90. The van der Waals surface area contributed by atoms with Crippen molar-refractivity contribution in [1.82, 2.24) is 15.1 Å². The highest BCUT2D eigenvalue weighted by Gasteiger charge is 2.20. The van der Waals surface area contributed by atoms with Crippen LogP contribution in [0.3, 0.4) is 0 Å². The maximum absolute atomic E-state index is 6.07. The van der Waals surface area contributed by atoms with Crippen molar-refractivity contribution in [2.24, 2.45) is 4.99 Å². The van der Waals surface area contributed by atoms with Gasteiger partial charge in [-0.3, -0.25) is 0 Å². The van der Waals surface area contributed by atoms with Crippen LogP contribution in [0.25, 0.3) is 0 Å². The Kier molecular flexibility index (Phi) is 4.97. The molecular weight excluding hydrogens is 332 g/mol. The van der Waals surface area contributed by atoms with E-state index in [1.54, 1.807) is 6.34 Å². The van der Waals surface area contributed by atoms with E-state index in [4.69, 9.17) is 11.6 Å². The van der Waals surface area contributed by atoms with E-state index < -0.39 is 0 Å². The number of hydrogen-bond donors (Lipinski definition) is 0. The van der Waals surface area contributed by atoms with Crippen molar-refractivity contribution in [2.75, 3.05) is 50.1 Å². The van der Waals surface area contributed by atoms with Gasteiger partial charge >= 0.3 is 0 Å². The third kappa shape index (κ3) is 4.11. The molecule has 122 valence electrons. The molecule has 2 heterocycles. The molecule has 8 heteroatoms. The molecule has 2 aromatic rings. The molecule has 0 saturated carbocycles. The van der Waals surface area contributed by atoms with Crippen LogP contribution in [0.2, 0.25) is 5.02 Å². The van der Waals surface area contributed by atoms with Gasteiger partial charge in [0.25, 0.3) is 0 Å². The summed E-state index contributed by atoms with van der Waals surface area (Å²) in [7, 11) is 3.86. The summed E-state index contributed by atoms with van der Waals surface area (Å²) in [5.74, 6) is 0. The molecule has 6 nitrogen and oxygen atoms in total. The molecule has 0 spiro atoms. The van der Waals surface area contributed by atoms with Gasteiger partial charge in [-0.15, -0.1) is 10.2 Å². The van der Waals surface area contributed by atoms with E-state index in [9.17, 15) is 0 Å². The quantitative estimate of drug-likeness (QED) is 0.626. The summed E-state index contributed by atoms with van der Waals surface area (Å²) < 4.78 is 0. The maximum atomic E-state index is 6.07. The maximum Gasteiger partial charge on any atom is 0.234 e. The van der Waals surface area contributed by atoms with Crippen molar-refractivity contribution >= 4 is 45.2 Å². The number of nitrogens with zero attached hydrogens (tertiary/aromatic N) is 6. The van der Waals surface area contributed by atoms with E-state index in [0.29, 0.717) is 5.13 Å². The van der Waals surface area contributed by atoms with Gasteiger partial charge in [-0.1, -0.05) is 29.0 Å². The highest BCUT2D eigenvalue weighted by atomic mass is 35.5. The molecular formula is C15H19ClN6S. The van der Waals surface area contributed by atoms with E-state index in [-0.39, 0.29) is 0 Å². The van der Waals surface area contributed by atoms with E-state index >= 15 is 0 Å². The highest BCUT2D eigenvalue weighted by Crippen LogP contribution is 2.28. The Balaban J connectivity index is 1.61. The van der Waals surface area contributed by atoms with Crippen LogP contribution in [0.4, 0.5) is 16.0 Å². The molecule has 1 saturated heterocycles. The number of hydrogen-bond acceptors (Lipinski definition) is 6. The monoisotopic (exact) mass is 350 g/mol. The third-order valence-electron chi connectivity index (χ3n) is 3.53. The summed E-state index contributed by atoms with van der Waals surface area (Å²) in [6.07, 6.45) is 1.74. The molecule has 1 aliphatic rings. The van der Waals surface area contributed by atoms with Crippen molar-refractivity contribution in [3.8, 4) is 0 Å². The number of rotatable bonds is 4. The molecule has 0 radical (unpaired) electrons. The Morgan fingerprint density at radius 1 is 1.17 bits per heavy atom. The number of aromatic nitrogens is 2. The predicted octanol–water partition coefficient (Wildman–Crippen LogP) is 2.74. The van der Waals surface area contributed by atoms with Crippen LogP contribution in [0, 0.1) is 0 Å². The lowest BCUT2D eigenvalue weighted by Crippen LogP contribution is -2.46. The van der Waals surface area contributed by atoms with Crippen LogP contribution in [0.1, 0.15) is 0 Å². The lowest BCUT2D eigenvalue weighted by molar-refractivity contribution is 0.643. The first kappa shape index (κ1) is 16.0. The molecule has 1 aliphatic heterocycles. The first-order valence-corrected chi connectivity index (χ1v) is 8.61. The van der Waals surface area contributed by atoms with E-state index in [1.807, 2.05) is 37.2 Å². The minimum Gasteiger partial charge on any atom is -0.369 e. The summed E-state index contributed by atoms with van der Waals surface area (Å²) in [5, 5.41) is 10.8. The van der Waals surface area contributed by atoms with Crippen molar-refractivity contribution in [3.63, 3.8) is 0 Å². The predicted molar refractivity (Wildman–Crippen MR) is 97.6 cm³/mol. The van der Waals surface area contributed by atoms with Crippen LogP contribution < -0.4 is 9.80 Å². The van der Waals surface area contributed by atoms with E-state index in [2.05, 4.69) is 31.1 Å². The van der Waals surface area contributed by atoms with E-state index in [0.717, 1.165) is 36.3 Å². The van der Waals surface area contributed by atoms with E-state index in [1.165, 1.54) is 17.0 Å². The Hall–Kier alpha value is -1.86. The number of aliphatic imine (C=N–C) groups is 1. The molecule has 0 amide bonds. The second-order valence-electron chi connectivity index (χ2n) is 5.53. The molecule has 1 aromatic carbocycles. The number of halogens is 1. The zero-order chi connectivity index (χ0) is 16.2. The standard InChI is InChI=1S/C15H19ClN6S/c1-20(2)11-17-14-18-19-15(23-14)22-8-6-21(7-9-22)13-5-3-4-12(16)10-13/h3-5,10-11H,6-9H2,1-2H3. The molecule has 1 fully saturated rings. The Morgan fingerprint density at radius 3 is 2.61 bits per heavy atom.